The molecule has 0 saturated heterocycles. The normalized spacial score (nSPS) is 12.4. The smallest absolute Gasteiger partial charge is 0.260 e. The van der Waals surface area contributed by atoms with Gasteiger partial charge < -0.3 is 24.3 Å². The number of hydrogen-bond acceptors (Lipinski definition) is 8. The molecule has 2 aromatic heterocycles. The molecule has 0 aliphatic rings. The zero-order chi connectivity index (χ0) is 22.9. The van der Waals surface area contributed by atoms with Gasteiger partial charge in [-0.15, -0.1) is 17.9 Å². The second-order valence-electron chi connectivity index (χ2n) is 7.28. The second-order valence-corrected chi connectivity index (χ2v) is 8.14. The molecule has 0 fully saturated rings. The number of nitrogens with one attached hydrogen (secondary N) is 1. The highest BCUT2D eigenvalue weighted by Gasteiger charge is 2.17. The minimum absolute atomic E-state index is 0.182. The molecule has 0 aliphatic carbocycles. The third-order valence-corrected chi connectivity index (χ3v) is 5.77. The Morgan fingerprint density at radius 3 is 2.78 bits per heavy atom. The van der Waals surface area contributed by atoms with Crippen LogP contribution in [0.5, 0.6) is 5.75 Å². The van der Waals surface area contributed by atoms with Crippen molar-refractivity contribution in [1.29, 1.82) is 0 Å². The van der Waals surface area contributed by atoms with E-state index in [4.69, 9.17) is 14.2 Å². The third-order valence-electron chi connectivity index (χ3n) is 4.89. The maximum atomic E-state index is 12.9. The molecule has 0 aliphatic heterocycles. The number of benzene rings is 1. The van der Waals surface area contributed by atoms with E-state index in [9.17, 15) is 9.90 Å². The van der Waals surface area contributed by atoms with Crippen molar-refractivity contribution in [3.8, 4) is 16.9 Å². The van der Waals surface area contributed by atoms with Crippen LogP contribution < -0.4 is 10.3 Å². The summed E-state index contributed by atoms with van der Waals surface area (Å²) in [6.45, 7) is 6.00. The standard InChI is InChI=1S/C23H29N3O5S/c1-4-10-31-14-17(27)12-26(9-11-29-2)13-20-24-22(28)21-19(15-32-23(21)25-20)16-5-7-18(30-3)8-6-16/h4-8,15,17,27H,1,9-14H2,2-3H3,(H,24,25,28). The first-order valence-corrected chi connectivity index (χ1v) is 11.2. The topological polar surface area (TPSA) is 96.9 Å². The quantitative estimate of drug-likeness (QED) is 0.300. The van der Waals surface area contributed by atoms with E-state index < -0.39 is 6.10 Å². The van der Waals surface area contributed by atoms with Gasteiger partial charge in [-0.1, -0.05) is 18.2 Å². The number of aliphatic hydroxyl groups excluding tert-OH is 1. The van der Waals surface area contributed by atoms with E-state index in [-0.39, 0.29) is 12.2 Å². The molecule has 0 saturated carbocycles. The van der Waals surface area contributed by atoms with Crippen molar-refractivity contribution in [3.05, 3.63) is 58.5 Å². The molecular weight excluding hydrogens is 430 g/mol. The summed E-state index contributed by atoms with van der Waals surface area (Å²) in [5.74, 6) is 1.30. The fourth-order valence-corrected chi connectivity index (χ4v) is 4.32. The number of aliphatic hydroxyl groups is 1. The van der Waals surface area contributed by atoms with E-state index in [1.54, 1.807) is 20.3 Å². The van der Waals surface area contributed by atoms with E-state index in [0.717, 1.165) is 16.9 Å². The van der Waals surface area contributed by atoms with E-state index in [1.165, 1.54) is 11.3 Å². The SMILES string of the molecule is C=CCOCC(O)CN(CCOC)Cc1nc2scc(-c3ccc(OC)cc3)c2c(=O)[nH]1. The third kappa shape index (κ3) is 6.24. The number of H-pyrrole nitrogens is 1. The van der Waals surface area contributed by atoms with Gasteiger partial charge in [-0.2, -0.15) is 0 Å². The molecule has 0 radical (unpaired) electrons. The van der Waals surface area contributed by atoms with E-state index >= 15 is 0 Å². The minimum Gasteiger partial charge on any atom is -0.497 e. The second kappa shape index (κ2) is 11.9. The molecule has 0 spiro atoms. The fraction of sp³-hybridized carbons (Fsp3) is 0.391. The van der Waals surface area contributed by atoms with Crippen molar-refractivity contribution < 1.29 is 19.3 Å². The summed E-state index contributed by atoms with van der Waals surface area (Å²) < 4.78 is 15.7. The molecule has 2 N–H and O–H groups in total. The number of rotatable bonds is 13. The zero-order valence-electron chi connectivity index (χ0n) is 18.4. The maximum absolute atomic E-state index is 12.9. The Kier molecular flexibility index (Phi) is 8.95. The molecule has 9 heteroatoms. The van der Waals surface area contributed by atoms with Crippen LogP contribution in [0.4, 0.5) is 0 Å². The number of hydrogen-bond donors (Lipinski definition) is 2. The molecule has 0 bridgehead atoms. The Labute approximate surface area is 191 Å². The van der Waals surface area contributed by atoms with Gasteiger partial charge in [0.1, 0.15) is 16.4 Å². The van der Waals surface area contributed by atoms with Gasteiger partial charge in [-0.25, -0.2) is 4.98 Å². The van der Waals surface area contributed by atoms with Gasteiger partial charge in [0.25, 0.3) is 5.56 Å². The number of aromatic amines is 1. The molecule has 1 atom stereocenters. The first-order chi connectivity index (χ1) is 15.5. The average Bonchev–Trinajstić information content (AvgIpc) is 3.22. The molecule has 1 aromatic carbocycles. The van der Waals surface area contributed by atoms with Crippen molar-refractivity contribution in [2.45, 2.75) is 12.6 Å². The summed E-state index contributed by atoms with van der Waals surface area (Å²) in [7, 11) is 3.24. The van der Waals surface area contributed by atoms with Gasteiger partial charge in [0.2, 0.25) is 0 Å². The maximum Gasteiger partial charge on any atom is 0.260 e. The van der Waals surface area contributed by atoms with Crippen LogP contribution in [0.3, 0.4) is 0 Å². The van der Waals surface area contributed by atoms with Gasteiger partial charge in [0.05, 0.1) is 45.0 Å². The van der Waals surface area contributed by atoms with Gasteiger partial charge in [-0.3, -0.25) is 9.69 Å². The molecule has 3 rings (SSSR count). The van der Waals surface area contributed by atoms with Crippen LogP contribution in [-0.4, -0.2) is 73.2 Å². The van der Waals surface area contributed by atoms with Crippen molar-refractivity contribution in [2.24, 2.45) is 0 Å². The lowest BCUT2D eigenvalue weighted by atomic mass is 10.1. The highest BCUT2D eigenvalue weighted by molar-refractivity contribution is 7.17. The van der Waals surface area contributed by atoms with Crippen molar-refractivity contribution in [1.82, 2.24) is 14.9 Å². The van der Waals surface area contributed by atoms with Crippen LogP contribution in [0.25, 0.3) is 21.3 Å². The summed E-state index contributed by atoms with van der Waals surface area (Å²) in [5.41, 5.74) is 1.60. The van der Waals surface area contributed by atoms with E-state index in [2.05, 4.69) is 16.5 Å². The Balaban J connectivity index is 1.79. The Bertz CT molecular complexity index is 1060. The number of aromatic nitrogens is 2. The van der Waals surface area contributed by atoms with Crippen molar-refractivity contribution in [3.63, 3.8) is 0 Å². The molecule has 1 unspecified atom stereocenters. The van der Waals surface area contributed by atoms with Gasteiger partial charge in [0.15, 0.2) is 0 Å². The minimum atomic E-state index is -0.675. The lowest BCUT2D eigenvalue weighted by Gasteiger charge is -2.24. The van der Waals surface area contributed by atoms with E-state index in [0.29, 0.717) is 48.9 Å². The van der Waals surface area contributed by atoms with Crippen molar-refractivity contribution in [2.75, 3.05) is 47.1 Å². The first-order valence-electron chi connectivity index (χ1n) is 10.3. The molecule has 3 aromatic rings. The van der Waals surface area contributed by atoms with Crippen molar-refractivity contribution >= 4 is 21.6 Å². The largest absolute Gasteiger partial charge is 0.497 e. The Morgan fingerprint density at radius 2 is 2.09 bits per heavy atom. The van der Waals surface area contributed by atoms with Crippen LogP contribution in [0.2, 0.25) is 0 Å². The van der Waals surface area contributed by atoms with Gasteiger partial charge >= 0.3 is 0 Å². The molecule has 0 amide bonds. The predicted octanol–water partition coefficient (Wildman–Crippen LogP) is 2.67. The van der Waals surface area contributed by atoms with Crippen LogP contribution in [0, 0.1) is 0 Å². The molecule has 32 heavy (non-hydrogen) atoms. The van der Waals surface area contributed by atoms with Gasteiger partial charge in [0, 0.05) is 31.1 Å². The zero-order valence-corrected chi connectivity index (χ0v) is 19.2. The molecule has 8 nitrogen and oxygen atoms in total. The Hall–Kier alpha value is -2.56. The van der Waals surface area contributed by atoms with Crippen LogP contribution in [0.15, 0.2) is 47.1 Å². The van der Waals surface area contributed by atoms with Crippen LogP contribution in [-0.2, 0) is 16.0 Å². The molecule has 172 valence electrons. The Morgan fingerprint density at radius 1 is 1.31 bits per heavy atom. The lowest BCUT2D eigenvalue weighted by Crippen LogP contribution is -2.37. The first kappa shape index (κ1) is 24.1. The summed E-state index contributed by atoms with van der Waals surface area (Å²) in [6.07, 6.45) is 0.964. The summed E-state index contributed by atoms with van der Waals surface area (Å²) in [6, 6.07) is 7.59. The molecular formula is C23H29N3O5S. The summed E-state index contributed by atoms with van der Waals surface area (Å²) in [5, 5.41) is 12.8. The highest BCUT2D eigenvalue weighted by Crippen LogP contribution is 2.31. The van der Waals surface area contributed by atoms with Gasteiger partial charge in [-0.05, 0) is 17.7 Å². The lowest BCUT2D eigenvalue weighted by molar-refractivity contribution is 0.0189. The average molecular weight is 460 g/mol. The van der Waals surface area contributed by atoms with Crippen LogP contribution in [0.1, 0.15) is 5.82 Å². The van der Waals surface area contributed by atoms with E-state index in [1.807, 2.05) is 34.5 Å². The number of ether oxygens (including phenoxy) is 3. The van der Waals surface area contributed by atoms with Crippen LogP contribution >= 0.6 is 11.3 Å². The fourth-order valence-electron chi connectivity index (χ4n) is 3.36. The molecule has 2 heterocycles. The monoisotopic (exact) mass is 459 g/mol. The number of methoxy groups -OCH3 is 2. The number of thiophene rings is 1. The summed E-state index contributed by atoms with van der Waals surface area (Å²) >= 11 is 1.44. The number of nitrogens with zero attached hydrogens (tertiary/aromatic N) is 2. The highest BCUT2D eigenvalue weighted by atomic mass is 32.1. The predicted molar refractivity (Wildman–Crippen MR) is 126 cm³/mol. The number of fused-ring (bicyclic) bond motifs is 1. The summed E-state index contributed by atoms with van der Waals surface area (Å²) in [4.78, 5) is 23.2.